The molecular formula is C53H34N2S. The number of fused-ring (bicyclic) bond motifs is 6. The number of nitrogens with zero attached hydrogens (tertiary/aromatic N) is 2. The second-order valence-corrected chi connectivity index (χ2v) is 15.5. The van der Waals surface area contributed by atoms with Gasteiger partial charge < -0.3 is 0 Å². The highest BCUT2D eigenvalue weighted by Crippen LogP contribution is 2.57. The van der Waals surface area contributed by atoms with Gasteiger partial charge in [0, 0.05) is 42.4 Å². The molecule has 0 amide bonds. The van der Waals surface area contributed by atoms with Gasteiger partial charge >= 0.3 is 0 Å². The number of hydrogen-bond donors (Lipinski definition) is 0. The second-order valence-electron chi connectivity index (χ2n) is 14.4. The van der Waals surface area contributed by atoms with E-state index >= 15 is 0 Å². The first-order chi connectivity index (χ1) is 27.8. The Morgan fingerprint density at radius 3 is 1.68 bits per heavy atom. The highest BCUT2D eigenvalue weighted by molar-refractivity contribution is 7.26. The minimum Gasteiger partial charge on any atom is -0.228 e. The lowest BCUT2D eigenvalue weighted by atomic mass is 9.67. The zero-order valence-electron chi connectivity index (χ0n) is 30.4. The Morgan fingerprint density at radius 2 is 0.946 bits per heavy atom. The van der Waals surface area contributed by atoms with Crippen molar-refractivity contribution >= 4 is 31.5 Å². The van der Waals surface area contributed by atoms with E-state index in [4.69, 9.17) is 9.97 Å². The Bertz CT molecular complexity index is 2960. The number of thiophene rings is 1. The molecule has 8 aromatic carbocycles. The molecule has 262 valence electrons. The predicted octanol–water partition coefficient (Wildman–Crippen LogP) is 13.9. The van der Waals surface area contributed by atoms with Crippen LogP contribution < -0.4 is 0 Å². The van der Waals surface area contributed by atoms with E-state index in [0.717, 1.165) is 33.6 Å². The number of benzene rings is 8. The van der Waals surface area contributed by atoms with Gasteiger partial charge in [-0.05, 0) is 63.2 Å². The molecule has 0 aliphatic heterocycles. The molecule has 0 saturated carbocycles. The molecule has 10 aromatic rings. The predicted molar refractivity (Wildman–Crippen MR) is 234 cm³/mol. The van der Waals surface area contributed by atoms with Crippen molar-refractivity contribution in [1.29, 1.82) is 0 Å². The average Bonchev–Trinajstić information content (AvgIpc) is 3.81. The van der Waals surface area contributed by atoms with Crippen LogP contribution in [0.3, 0.4) is 0 Å². The van der Waals surface area contributed by atoms with Crippen LogP contribution in [0.1, 0.15) is 22.3 Å². The third kappa shape index (κ3) is 5.02. The molecule has 0 spiro atoms. The van der Waals surface area contributed by atoms with Gasteiger partial charge in [0.25, 0.3) is 0 Å². The molecule has 11 rings (SSSR count). The summed E-state index contributed by atoms with van der Waals surface area (Å²) >= 11 is 1.85. The lowest BCUT2D eigenvalue weighted by Crippen LogP contribution is -2.28. The minimum atomic E-state index is -0.509. The van der Waals surface area contributed by atoms with Gasteiger partial charge in [-0.15, -0.1) is 11.3 Å². The minimum absolute atomic E-state index is 0.509. The molecular weight excluding hydrogens is 697 g/mol. The Kier molecular flexibility index (Phi) is 7.61. The zero-order valence-corrected chi connectivity index (χ0v) is 31.2. The average molecular weight is 731 g/mol. The van der Waals surface area contributed by atoms with Crippen LogP contribution in [-0.2, 0) is 5.41 Å². The summed E-state index contributed by atoms with van der Waals surface area (Å²) in [5, 5.41) is 2.51. The van der Waals surface area contributed by atoms with Gasteiger partial charge in [-0.3, -0.25) is 0 Å². The highest BCUT2D eigenvalue weighted by Gasteiger charge is 2.46. The van der Waals surface area contributed by atoms with Crippen molar-refractivity contribution in [3.63, 3.8) is 0 Å². The fraction of sp³-hybridized carbons (Fsp3) is 0.0189. The molecule has 56 heavy (non-hydrogen) atoms. The number of rotatable bonds is 6. The molecule has 0 radical (unpaired) electrons. The first-order valence-electron chi connectivity index (χ1n) is 19.1. The molecule has 2 aromatic heterocycles. The van der Waals surface area contributed by atoms with E-state index in [1.807, 2.05) is 17.4 Å². The molecule has 2 nitrogen and oxygen atoms in total. The van der Waals surface area contributed by atoms with Gasteiger partial charge in [0.1, 0.15) is 0 Å². The van der Waals surface area contributed by atoms with Gasteiger partial charge in [-0.1, -0.05) is 182 Å². The largest absolute Gasteiger partial charge is 0.228 e. The summed E-state index contributed by atoms with van der Waals surface area (Å²) in [6, 6.07) is 74.6. The standard InChI is InChI=1S/C53H34N2S/c1-5-17-35(18-6-1)46-34-47(55-52(54-46)36-19-7-2-8-20-36)42-31-32-49-51(43-26-14-16-28-48(43)56-49)50(42)37-29-30-41-40-25-13-15-27-44(40)53(45(41)33-37,38-21-9-3-10-22-38)39-23-11-4-12-24-39/h1-34H. The van der Waals surface area contributed by atoms with Gasteiger partial charge in [0.2, 0.25) is 0 Å². The van der Waals surface area contributed by atoms with Gasteiger partial charge in [0.15, 0.2) is 5.82 Å². The maximum atomic E-state index is 5.38. The van der Waals surface area contributed by atoms with Crippen LogP contribution in [0.5, 0.6) is 0 Å². The van der Waals surface area contributed by atoms with Crippen molar-refractivity contribution in [3.05, 3.63) is 229 Å². The Balaban J connectivity index is 1.24. The topological polar surface area (TPSA) is 25.8 Å². The first kappa shape index (κ1) is 32.5. The van der Waals surface area contributed by atoms with E-state index < -0.39 is 5.41 Å². The van der Waals surface area contributed by atoms with E-state index in [-0.39, 0.29) is 0 Å². The maximum absolute atomic E-state index is 5.38. The molecule has 0 N–H and O–H groups in total. The summed E-state index contributed by atoms with van der Waals surface area (Å²) in [6.45, 7) is 0. The lowest BCUT2D eigenvalue weighted by molar-refractivity contribution is 0.769. The third-order valence-electron chi connectivity index (χ3n) is 11.4. The van der Waals surface area contributed by atoms with Crippen molar-refractivity contribution in [1.82, 2.24) is 9.97 Å². The van der Waals surface area contributed by atoms with Crippen molar-refractivity contribution in [2.24, 2.45) is 0 Å². The van der Waals surface area contributed by atoms with E-state index in [9.17, 15) is 0 Å². The molecule has 1 aliphatic rings. The van der Waals surface area contributed by atoms with Crippen molar-refractivity contribution in [2.45, 2.75) is 5.41 Å². The first-order valence-corrected chi connectivity index (χ1v) is 19.9. The quantitative estimate of drug-likeness (QED) is 0.170. The van der Waals surface area contributed by atoms with Gasteiger partial charge in [-0.2, -0.15) is 0 Å². The molecule has 2 heterocycles. The fourth-order valence-corrected chi connectivity index (χ4v) is 10.1. The fourth-order valence-electron chi connectivity index (χ4n) is 8.99. The van der Waals surface area contributed by atoms with Crippen LogP contribution in [-0.4, -0.2) is 9.97 Å². The Morgan fingerprint density at radius 1 is 0.375 bits per heavy atom. The third-order valence-corrected chi connectivity index (χ3v) is 12.5. The summed E-state index contributed by atoms with van der Waals surface area (Å²) in [7, 11) is 0. The maximum Gasteiger partial charge on any atom is 0.160 e. The lowest BCUT2D eigenvalue weighted by Gasteiger charge is -2.34. The van der Waals surface area contributed by atoms with E-state index in [1.54, 1.807) is 0 Å². The van der Waals surface area contributed by atoms with Crippen LogP contribution >= 0.6 is 11.3 Å². The van der Waals surface area contributed by atoms with Crippen LogP contribution in [0.15, 0.2) is 206 Å². The number of hydrogen-bond acceptors (Lipinski definition) is 3. The molecule has 0 unspecified atom stereocenters. The Labute approximate surface area is 330 Å². The summed E-state index contributed by atoms with van der Waals surface area (Å²) in [5.41, 5.74) is 14.4. The second kappa shape index (κ2) is 13.1. The van der Waals surface area contributed by atoms with Crippen LogP contribution in [0.25, 0.3) is 76.3 Å². The summed E-state index contributed by atoms with van der Waals surface area (Å²) in [6.07, 6.45) is 0. The summed E-state index contributed by atoms with van der Waals surface area (Å²) in [4.78, 5) is 10.5. The molecule has 0 fully saturated rings. The SMILES string of the molecule is c1ccc(-c2cc(-c3ccc4sc5ccccc5c4c3-c3ccc4c(c3)C(c3ccccc3)(c3ccccc3)c3ccccc3-4)nc(-c3ccccc3)n2)cc1. The smallest absolute Gasteiger partial charge is 0.160 e. The van der Waals surface area contributed by atoms with Crippen molar-refractivity contribution < 1.29 is 0 Å². The van der Waals surface area contributed by atoms with E-state index in [2.05, 4.69) is 200 Å². The molecule has 0 atom stereocenters. The Hall–Kier alpha value is -6.94. The van der Waals surface area contributed by atoms with Crippen LogP contribution in [0.4, 0.5) is 0 Å². The van der Waals surface area contributed by atoms with Gasteiger partial charge in [-0.25, -0.2) is 9.97 Å². The molecule has 0 saturated heterocycles. The highest BCUT2D eigenvalue weighted by atomic mass is 32.1. The van der Waals surface area contributed by atoms with Gasteiger partial charge in [0.05, 0.1) is 16.8 Å². The van der Waals surface area contributed by atoms with E-state index in [1.165, 1.54) is 59.1 Å². The van der Waals surface area contributed by atoms with Crippen molar-refractivity contribution in [3.8, 4) is 56.2 Å². The molecule has 3 heteroatoms. The van der Waals surface area contributed by atoms with Crippen LogP contribution in [0, 0.1) is 0 Å². The normalized spacial score (nSPS) is 12.8. The summed E-state index contributed by atoms with van der Waals surface area (Å²) < 4.78 is 2.53. The number of aromatic nitrogens is 2. The van der Waals surface area contributed by atoms with Crippen LogP contribution in [0.2, 0.25) is 0 Å². The molecule has 1 aliphatic carbocycles. The monoisotopic (exact) mass is 730 g/mol. The van der Waals surface area contributed by atoms with E-state index in [0.29, 0.717) is 5.82 Å². The molecule has 0 bridgehead atoms. The van der Waals surface area contributed by atoms with Crippen molar-refractivity contribution in [2.75, 3.05) is 0 Å². The summed E-state index contributed by atoms with van der Waals surface area (Å²) in [5.74, 6) is 0.708. The zero-order chi connectivity index (χ0) is 37.1.